The molecule has 0 atom stereocenters. The zero-order valence-electron chi connectivity index (χ0n) is 8.59. The summed E-state index contributed by atoms with van der Waals surface area (Å²) >= 11 is 12.0. The molecule has 0 aromatic rings. The second-order valence-electron chi connectivity index (χ2n) is 3.54. The third-order valence-corrected chi connectivity index (χ3v) is 6.08. The fourth-order valence-corrected chi connectivity index (χ4v) is 4.65. The topological polar surface area (TPSA) is 0 Å². The molecule has 1 aliphatic heterocycles. The Morgan fingerprint density at radius 2 is 1.57 bits per heavy atom. The Bertz CT molecular complexity index is 235. The van der Waals surface area contributed by atoms with Gasteiger partial charge in [0.15, 0.2) is 0 Å². The fraction of sp³-hybridized carbons (Fsp3) is 0.600. The van der Waals surface area contributed by atoms with Gasteiger partial charge < -0.3 is 0 Å². The van der Waals surface area contributed by atoms with Crippen molar-refractivity contribution in [2.24, 2.45) is 0 Å². The third-order valence-electron chi connectivity index (χ3n) is 2.83. The van der Waals surface area contributed by atoms with E-state index in [1.165, 1.54) is 8.94 Å². The molecule has 0 unspecified atom stereocenters. The number of nitrogens with zero attached hydrogens (tertiary/aromatic N) is 1. The van der Waals surface area contributed by atoms with Crippen LogP contribution in [0.2, 0.25) is 0 Å². The molecule has 0 saturated carbocycles. The van der Waals surface area contributed by atoms with Crippen molar-refractivity contribution in [1.82, 2.24) is 0 Å². The number of halogens is 2. The van der Waals surface area contributed by atoms with Crippen LogP contribution in [0.4, 0.5) is 0 Å². The summed E-state index contributed by atoms with van der Waals surface area (Å²) in [6.45, 7) is 8.97. The van der Waals surface area contributed by atoms with Gasteiger partial charge in [0, 0.05) is 0 Å². The summed E-state index contributed by atoms with van der Waals surface area (Å²) in [5, 5.41) is 0. The van der Waals surface area contributed by atoms with Crippen molar-refractivity contribution in [3.8, 4) is 0 Å². The van der Waals surface area contributed by atoms with E-state index in [0.717, 1.165) is 30.7 Å². The quantitative estimate of drug-likeness (QED) is 0.543. The van der Waals surface area contributed by atoms with Gasteiger partial charge >= 0.3 is 103 Å². The Morgan fingerprint density at radius 3 is 1.86 bits per heavy atom. The van der Waals surface area contributed by atoms with E-state index < -0.39 is 0 Å². The monoisotopic (exact) mass is 300 g/mol. The summed E-state index contributed by atoms with van der Waals surface area (Å²) in [5.74, 6) is 0. The third kappa shape index (κ3) is 2.77. The van der Waals surface area contributed by atoms with Crippen LogP contribution in [-0.2, 0) is 0 Å². The standard InChI is InChI=1S/C10H16Cl2NSe/c1-3-13(4-2)7-9(5-11)14-10(6-12)8-13/h5-6H,3-4,7-8H2,1-2H3/q+1/b9-5+,10-6+. The minimum absolute atomic E-state index is 0.385. The van der Waals surface area contributed by atoms with Gasteiger partial charge in [-0.25, -0.2) is 0 Å². The van der Waals surface area contributed by atoms with Crippen LogP contribution < -0.4 is 0 Å². The van der Waals surface area contributed by atoms with Crippen molar-refractivity contribution >= 4 is 38.2 Å². The molecule has 1 saturated heterocycles. The Morgan fingerprint density at radius 1 is 1.14 bits per heavy atom. The van der Waals surface area contributed by atoms with Gasteiger partial charge in [-0.15, -0.1) is 0 Å². The number of quaternary nitrogens is 1. The normalized spacial score (nSPS) is 27.1. The van der Waals surface area contributed by atoms with E-state index in [9.17, 15) is 0 Å². The van der Waals surface area contributed by atoms with Crippen LogP contribution in [-0.4, -0.2) is 45.6 Å². The van der Waals surface area contributed by atoms with E-state index in [4.69, 9.17) is 23.2 Å². The van der Waals surface area contributed by atoms with Crippen molar-refractivity contribution in [1.29, 1.82) is 0 Å². The number of likely N-dealkylation sites (N-methyl/N-ethyl adjacent to an activating group) is 1. The van der Waals surface area contributed by atoms with Crippen molar-refractivity contribution < 1.29 is 4.48 Å². The molecule has 0 spiro atoms. The predicted octanol–water partition coefficient (Wildman–Crippen LogP) is 2.72. The molecule has 0 aromatic carbocycles. The molecule has 4 heteroatoms. The number of rotatable bonds is 2. The summed E-state index contributed by atoms with van der Waals surface area (Å²) < 4.78 is 3.82. The molecule has 1 heterocycles. The molecule has 0 bridgehead atoms. The Labute approximate surface area is 102 Å². The Balaban J connectivity index is 2.89. The molecule has 1 fully saturated rings. The average molecular weight is 300 g/mol. The zero-order valence-corrected chi connectivity index (χ0v) is 11.8. The first-order valence-electron chi connectivity index (χ1n) is 4.81. The summed E-state index contributed by atoms with van der Waals surface area (Å²) in [6.07, 6.45) is 0. The summed E-state index contributed by atoms with van der Waals surface area (Å²) in [7, 11) is 0. The second kappa shape index (κ2) is 5.58. The van der Waals surface area contributed by atoms with Gasteiger partial charge in [0.2, 0.25) is 0 Å². The van der Waals surface area contributed by atoms with Crippen molar-refractivity contribution in [2.75, 3.05) is 26.2 Å². The van der Waals surface area contributed by atoms with E-state index in [1.54, 1.807) is 11.1 Å². The number of hydrogen-bond acceptors (Lipinski definition) is 0. The predicted molar refractivity (Wildman–Crippen MR) is 64.7 cm³/mol. The van der Waals surface area contributed by atoms with Crippen LogP contribution in [0, 0.1) is 0 Å². The molecule has 0 aromatic heterocycles. The Kier molecular flexibility index (Phi) is 5.02. The van der Waals surface area contributed by atoms with E-state index in [-0.39, 0.29) is 0 Å². The van der Waals surface area contributed by atoms with Crippen LogP contribution in [0.25, 0.3) is 0 Å². The molecule has 1 nitrogen and oxygen atoms in total. The van der Waals surface area contributed by atoms with E-state index in [2.05, 4.69) is 13.8 Å². The Hall–Kier alpha value is 0.539. The second-order valence-corrected chi connectivity index (χ2v) is 6.61. The van der Waals surface area contributed by atoms with Gasteiger partial charge in [0.1, 0.15) is 0 Å². The fourth-order valence-electron chi connectivity index (χ4n) is 1.73. The molecule has 80 valence electrons. The van der Waals surface area contributed by atoms with Crippen LogP contribution in [0.1, 0.15) is 13.8 Å². The van der Waals surface area contributed by atoms with Gasteiger partial charge in [0.25, 0.3) is 0 Å². The summed E-state index contributed by atoms with van der Waals surface area (Å²) in [6, 6.07) is 0. The average Bonchev–Trinajstić information content (AvgIpc) is 2.28. The molecule has 0 aliphatic carbocycles. The van der Waals surface area contributed by atoms with Gasteiger partial charge in [-0.3, -0.25) is 0 Å². The SMILES string of the molecule is CC[N+]1(CC)C/C(=C\Cl)[Se]/C(=C/Cl)C1. The van der Waals surface area contributed by atoms with Gasteiger partial charge in [-0.1, -0.05) is 0 Å². The first kappa shape index (κ1) is 12.6. The van der Waals surface area contributed by atoms with E-state index >= 15 is 0 Å². The summed E-state index contributed by atoms with van der Waals surface area (Å²) in [4.78, 5) is 0. The first-order valence-corrected chi connectivity index (χ1v) is 7.39. The molecule has 0 radical (unpaired) electrons. The number of hydrogen-bond donors (Lipinski definition) is 0. The van der Waals surface area contributed by atoms with E-state index in [1.807, 2.05) is 0 Å². The van der Waals surface area contributed by atoms with Gasteiger partial charge in [-0.2, -0.15) is 0 Å². The molecular weight excluding hydrogens is 284 g/mol. The van der Waals surface area contributed by atoms with Crippen LogP contribution in [0.3, 0.4) is 0 Å². The van der Waals surface area contributed by atoms with E-state index in [0.29, 0.717) is 15.0 Å². The van der Waals surface area contributed by atoms with Crippen LogP contribution in [0.15, 0.2) is 20.0 Å². The van der Waals surface area contributed by atoms with Crippen LogP contribution in [0.5, 0.6) is 0 Å². The van der Waals surface area contributed by atoms with Crippen molar-refractivity contribution in [3.05, 3.63) is 20.0 Å². The molecule has 1 rings (SSSR count). The summed E-state index contributed by atoms with van der Waals surface area (Å²) in [5.41, 5.74) is 3.50. The van der Waals surface area contributed by atoms with Gasteiger partial charge in [0.05, 0.1) is 0 Å². The van der Waals surface area contributed by atoms with Crippen molar-refractivity contribution in [2.45, 2.75) is 13.8 Å². The first-order chi connectivity index (χ1) is 6.69. The zero-order chi connectivity index (χ0) is 10.6. The molecule has 14 heavy (non-hydrogen) atoms. The van der Waals surface area contributed by atoms with Crippen molar-refractivity contribution in [3.63, 3.8) is 0 Å². The maximum atomic E-state index is 5.82. The van der Waals surface area contributed by atoms with Gasteiger partial charge in [-0.05, 0) is 0 Å². The molecular formula is C10H16Cl2NSe+. The molecule has 0 N–H and O–H groups in total. The van der Waals surface area contributed by atoms with Crippen LogP contribution >= 0.6 is 23.2 Å². The molecule has 1 aliphatic rings. The minimum atomic E-state index is 0.385. The molecule has 0 amide bonds. The maximum absolute atomic E-state index is 5.82.